The Bertz CT molecular complexity index is 1040. The summed E-state index contributed by atoms with van der Waals surface area (Å²) < 4.78 is 19.4. The molecule has 0 spiro atoms. The molecule has 10 nitrogen and oxygen atoms in total. The molecule has 1 aliphatic heterocycles. The molecule has 11 heteroatoms. The Morgan fingerprint density at radius 3 is 2.68 bits per heavy atom. The van der Waals surface area contributed by atoms with Gasteiger partial charge in [0.1, 0.15) is 18.9 Å². The minimum absolute atomic E-state index is 0.0358. The molecule has 3 atom stereocenters. The molecule has 1 aliphatic rings. The van der Waals surface area contributed by atoms with Crippen LogP contribution in [0.1, 0.15) is 49.6 Å². The van der Waals surface area contributed by atoms with Crippen molar-refractivity contribution in [2.24, 2.45) is 0 Å². The number of carbonyl (C=O) groups is 1. The van der Waals surface area contributed by atoms with Gasteiger partial charge in [0.15, 0.2) is 8.32 Å². The van der Waals surface area contributed by atoms with Gasteiger partial charge in [0, 0.05) is 30.6 Å². The highest BCUT2D eigenvalue weighted by Crippen LogP contribution is 2.41. The van der Waals surface area contributed by atoms with Crippen LogP contribution in [-0.4, -0.2) is 52.6 Å². The fourth-order valence-corrected chi connectivity index (χ4v) is 4.46. The van der Waals surface area contributed by atoms with Crippen LogP contribution >= 0.6 is 0 Å². The van der Waals surface area contributed by atoms with Crippen LogP contribution < -0.4 is 11.2 Å². The number of hydrogen-bond donors (Lipinski definition) is 2. The number of esters is 1. The molecule has 0 aliphatic carbocycles. The highest BCUT2D eigenvalue weighted by atomic mass is 28.4. The average molecular weight is 451 g/mol. The monoisotopic (exact) mass is 450 g/mol. The van der Waals surface area contributed by atoms with Gasteiger partial charge in [-0.15, -0.1) is 0 Å². The van der Waals surface area contributed by atoms with E-state index in [4.69, 9.17) is 13.9 Å². The second-order valence-electron chi connectivity index (χ2n) is 9.30. The van der Waals surface area contributed by atoms with E-state index in [1.54, 1.807) is 6.92 Å². The van der Waals surface area contributed by atoms with Gasteiger partial charge < -0.3 is 18.9 Å². The average Bonchev–Trinajstić information content (AvgIpc) is 3.32. The Hall–Kier alpha value is -2.50. The lowest BCUT2D eigenvalue weighted by atomic mass is 10.2. The van der Waals surface area contributed by atoms with Gasteiger partial charge in [0.25, 0.3) is 5.56 Å². The van der Waals surface area contributed by atoms with Crippen LogP contribution in [0.2, 0.25) is 18.1 Å². The standard InChI is InChI=1S/C20H30N4O6Si/c1-12-10-24(19(27)23-17(12)25)15-9-13(30-31(5,6)20(2,3)4)14(29-15)11-28-18(26)16-21-7-8-22-16/h7-8,10,13-15H,9,11H2,1-6H3,(H,21,22)(H,23,25,27)/t13-,14+,15+/m0/s1. The largest absolute Gasteiger partial charge is 0.457 e. The topological polar surface area (TPSA) is 128 Å². The highest BCUT2D eigenvalue weighted by molar-refractivity contribution is 6.74. The molecule has 1 saturated heterocycles. The fraction of sp³-hybridized carbons (Fsp3) is 0.600. The first kappa shape index (κ1) is 23.2. The third kappa shape index (κ3) is 5.05. The maximum Gasteiger partial charge on any atom is 0.374 e. The van der Waals surface area contributed by atoms with Crippen molar-refractivity contribution in [2.45, 2.75) is 70.7 Å². The van der Waals surface area contributed by atoms with E-state index in [0.717, 1.165) is 0 Å². The molecule has 2 aromatic rings. The number of ether oxygens (including phenoxy) is 2. The van der Waals surface area contributed by atoms with Gasteiger partial charge in [-0.05, 0) is 25.1 Å². The molecule has 31 heavy (non-hydrogen) atoms. The second kappa shape index (κ2) is 8.56. The van der Waals surface area contributed by atoms with Crippen LogP contribution in [0.3, 0.4) is 0 Å². The quantitative estimate of drug-likeness (QED) is 0.509. The number of carbonyl (C=O) groups excluding carboxylic acids is 1. The Balaban J connectivity index is 1.82. The van der Waals surface area contributed by atoms with Crippen molar-refractivity contribution < 1.29 is 18.7 Å². The van der Waals surface area contributed by atoms with Gasteiger partial charge >= 0.3 is 11.7 Å². The van der Waals surface area contributed by atoms with Gasteiger partial charge in [-0.25, -0.2) is 14.6 Å². The number of aromatic amines is 2. The molecule has 2 aromatic heterocycles. The maximum absolute atomic E-state index is 12.4. The Kier molecular flexibility index (Phi) is 6.39. The van der Waals surface area contributed by atoms with E-state index in [0.29, 0.717) is 12.0 Å². The molecular weight excluding hydrogens is 420 g/mol. The molecule has 1 fully saturated rings. The number of imidazole rings is 1. The van der Waals surface area contributed by atoms with Gasteiger partial charge in [0.2, 0.25) is 5.82 Å². The van der Waals surface area contributed by atoms with E-state index < -0.39 is 37.9 Å². The molecule has 2 N–H and O–H groups in total. The molecular formula is C20H30N4O6Si. The zero-order chi connectivity index (χ0) is 23.0. The van der Waals surface area contributed by atoms with Crippen molar-refractivity contribution in [1.29, 1.82) is 0 Å². The molecule has 170 valence electrons. The van der Waals surface area contributed by atoms with Crippen molar-refractivity contribution in [1.82, 2.24) is 19.5 Å². The van der Waals surface area contributed by atoms with E-state index in [1.807, 2.05) is 0 Å². The molecule has 0 unspecified atom stereocenters. The molecule has 0 radical (unpaired) electrons. The smallest absolute Gasteiger partial charge is 0.374 e. The maximum atomic E-state index is 12.4. The van der Waals surface area contributed by atoms with E-state index in [9.17, 15) is 14.4 Å². The molecule has 3 heterocycles. The Morgan fingerprint density at radius 1 is 1.35 bits per heavy atom. The van der Waals surface area contributed by atoms with Crippen molar-refractivity contribution in [3.63, 3.8) is 0 Å². The number of aromatic nitrogens is 4. The van der Waals surface area contributed by atoms with Crippen LogP contribution in [0.5, 0.6) is 0 Å². The first-order valence-corrected chi connectivity index (χ1v) is 13.1. The van der Waals surface area contributed by atoms with Gasteiger partial charge in [-0.3, -0.25) is 14.3 Å². The SMILES string of the molecule is Cc1cn([C@H]2C[C@H](O[Si](C)(C)C(C)(C)C)[C@@H](COC(=O)c3ncc[nH]3)O2)c(=O)[nH]c1=O. The third-order valence-corrected chi connectivity index (χ3v) is 10.5. The van der Waals surface area contributed by atoms with Crippen molar-refractivity contribution in [3.8, 4) is 0 Å². The number of nitrogens with one attached hydrogen (secondary N) is 2. The molecule has 0 saturated carbocycles. The van der Waals surface area contributed by atoms with Crippen LogP contribution in [0.4, 0.5) is 0 Å². The second-order valence-corrected chi connectivity index (χ2v) is 14.1. The summed E-state index contributed by atoms with van der Waals surface area (Å²) in [6, 6.07) is 0. The minimum Gasteiger partial charge on any atom is -0.457 e. The van der Waals surface area contributed by atoms with Crippen molar-refractivity contribution in [2.75, 3.05) is 6.61 Å². The lowest BCUT2D eigenvalue weighted by Gasteiger charge is -2.39. The minimum atomic E-state index is -2.17. The van der Waals surface area contributed by atoms with Gasteiger partial charge in [0.05, 0.1) is 6.10 Å². The van der Waals surface area contributed by atoms with Gasteiger partial charge in [-0.2, -0.15) is 0 Å². The summed E-state index contributed by atoms with van der Waals surface area (Å²) in [5.74, 6) is -0.496. The lowest BCUT2D eigenvalue weighted by Crippen LogP contribution is -2.46. The van der Waals surface area contributed by atoms with Crippen molar-refractivity contribution in [3.05, 3.63) is 50.8 Å². The first-order chi connectivity index (χ1) is 14.4. The summed E-state index contributed by atoms with van der Waals surface area (Å²) in [4.78, 5) is 45.2. The highest BCUT2D eigenvalue weighted by Gasteiger charge is 2.45. The summed E-state index contributed by atoms with van der Waals surface area (Å²) in [6.07, 6.45) is 3.27. The third-order valence-electron chi connectivity index (χ3n) is 5.96. The number of rotatable bonds is 6. The number of hydrogen-bond acceptors (Lipinski definition) is 7. The van der Waals surface area contributed by atoms with Crippen LogP contribution in [0, 0.1) is 6.92 Å². The summed E-state index contributed by atoms with van der Waals surface area (Å²) in [5.41, 5.74) is -0.588. The van der Waals surface area contributed by atoms with E-state index in [2.05, 4.69) is 48.8 Å². The summed E-state index contributed by atoms with van der Waals surface area (Å²) >= 11 is 0. The Morgan fingerprint density at radius 2 is 2.06 bits per heavy atom. The zero-order valence-corrected chi connectivity index (χ0v) is 19.7. The first-order valence-electron chi connectivity index (χ1n) is 10.2. The van der Waals surface area contributed by atoms with Crippen LogP contribution in [-0.2, 0) is 13.9 Å². The van der Waals surface area contributed by atoms with E-state index in [1.165, 1.54) is 23.2 Å². The normalized spacial score (nSPS) is 21.9. The predicted octanol–water partition coefficient (Wildman–Crippen LogP) is 2.10. The van der Waals surface area contributed by atoms with E-state index >= 15 is 0 Å². The zero-order valence-electron chi connectivity index (χ0n) is 18.7. The lowest BCUT2D eigenvalue weighted by molar-refractivity contribution is -0.0516. The van der Waals surface area contributed by atoms with Crippen molar-refractivity contribution >= 4 is 14.3 Å². The number of nitrogens with zero attached hydrogens (tertiary/aromatic N) is 2. The molecule has 0 bridgehead atoms. The molecule has 0 aromatic carbocycles. The summed E-state index contributed by atoms with van der Waals surface area (Å²) in [7, 11) is -2.17. The molecule has 0 amide bonds. The number of aryl methyl sites for hydroxylation is 1. The Labute approximate surface area is 181 Å². The molecule has 3 rings (SSSR count). The van der Waals surface area contributed by atoms with E-state index in [-0.39, 0.29) is 23.6 Å². The van der Waals surface area contributed by atoms with Gasteiger partial charge in [-0.1, -0.05) is 20.8 Å². The summed E-state index contributed by atoms with van der Waals surface area (Å²) in [6.45, 7) is 12.2. The van der Waals surface area contributed by atoms with Crippen LogP contribution in [0.25, 0.3) is 0 Å². The fourth-order valence-electron chi connectivity index (χ4n) is 3.10. The predicted molar refractivity (Wildman–Crippen MR) is 116 cm³/mol. The summed E-state index contributed by atoms with van der Waals surface area (Å²) in [5, 5.41) is -0.0358. The number of H-pyrrole nitrogens is 2. The van der Waals surface area contributed by atoms with Crippen LogP contribution in [0.15, 0.2) is 28.2 Å².